The number of primary amides is 1. The first-order valence-electron chi connectivity index (χ1n) is 11.5. The molecule has 0 saturated carbocycles. The van der Waals surface area contributed by atoms with Crippen molar-refractivity contribution in [3.05, 3.63) is 18.2 Å². The van der Waals surface area contributed by atoms with Crippen molar-refractivity contribution >= 4 is 29.6 Å². The summed E-state index contributed by atoms with van der Waals surface area (Å²) in [5.74, 6) is -4.12. The van der Waals surface area contributed by atoms with Gasteiger partial charge < -0.3 is 37.5 Å². The molecule has 0 aliphatic heterocycles. The minimum absolute atomic E-state index is 0.0105. The number of aromatic amines is 1. The molecule has 9 N–H and O–H groups in total. The Morgan fingerprint density at radius 2 is 1.63 bits per heavy atom. The Bertz CT molecular complexity index is 872. The van der Waals surface area contributed by atoms with Crippen LogP contribution in [0.3, 0.4) is 0 Å². The second kappa shape index (κ2) is 14.0. The molecular weight excluding hydrogens is 458 g/mol. The molecule has 0 radical (unpaired) electrons. The van der Waals surface area contributed by atoms with E-state index in [1.807, 2.05) is 13.8 Å². The summed E-state index contributed by atoms with van der Waals surface area (Å²) < 4.78 is 0. The van der Waals surface area contributed by atoms with Crippen LogP contribution in [0.4, 0.5) is 0 Å². The Hall–Kier alpha value is -3.48. The lowest BCUT2D eigenvalue weighted by atomic mass is 10.0. The molecule has 4 atom stereocenters. The second-order valence-corrected chi connectivity index (χ2v) is 9.21. The second-order valence-electron chi connectivity index (χ2n) is 9.21. The highest BCUT2D eigenvalue weighted by Gasteiger charge is 2.32. The van der Waals surface area contributed by atoms with Crippen molar-refractivity contribution in [1.29, 1.82) is 0 Å². The predicted octanol–water partition coefficient (Wildman–Crippen LogP) is -1.21. The van der Waals surface area contributed by atoms with Gasteiger partial charge in [-0.3, -0.25) is 19.2 Å². The van der Waals surface area contributed by atoms with Gasteiger partial charge in [-0.1, -0.05) is 27.7 Å². The number of nitrogens with one attached hydrogen (secondary N) is 4. The van der Waals surface area contributed by atoms with E-state index in [4.69, 9.17) is 11.5 Å². The first-order chi connectivity index (χ1) is 16.3. The Morgan fingerprint density at radius 1 is 1.00 bits per heavy atom. The molecule has 13 nitrogen and oxygen atoms in total. The largest absolute Gasteiger partial charge is 0.480 e. The molecule has 1 aromatic rings. The number of carboxylic acids is 1. The Labute approximate surface area is 204 Å². The maximum Gasteiger partial charge on any atom is 0.326 e. The van der Waals surface area contributed by atoms with E-state index >= 15 is 0 Å². The monoisotopic (exact) mass is 495 g/mol. The third-order valence-electron chi connectivity index (χ3n) is 5.22. The van der Waals surface area contributed by atoms with Crippen molar-refractivity contribution in [3.8, 4) is 0 Å². The summed E-state index contributed by atoms with van der Waals surface area (Å²) in [6.45, 7) is 7.06. The fourth-order valence-electron chi connectivity index (χ4n) is 3.28. The average molecular weight is 496 g/mol. The van der Waals surface area contributed by atoms with Crippen LogP contribution < -0.4 is 27.4 Å². The summed E-state index contributed by atoms with van der Waals surface area (Å²) in [6.07, 6.45) is 3.05. The Morgan fingerprint density at radius 3 is 2.11 bits per heavy atom. The maximum absolute atomic E-state index is 13.1. The van der Waals surface area contributed by atoms with Gasteiger partial charge in [-0.15, -0.1) is 0 Å². The summed E-state index contributed by atoms with van der Waals surface area (Å²) in [6, 6.07) is -4.36. The van der Waals surface area contributed by atoms with Gasteiger partial charge in [-0.05, 0) is 24.7 Å². The van der Waals surface area contributed by atoms with E-state index in [1.165, 1.54) is 12.5 Å². The number of carboxylic acid groups (broad SMARTS) is 1. The topological polar surface area (TPSA) is 222 Å². The maximum atomic E-state index is 13.1. The minimum atomic E-state index is -1.18. The molecule has 196 valence electrons. The molecule has 4 amide bonds. The van der Waals surface area contributed by atoms with E-state index < -0.39 is 53.8 Å². The first-order valence-corrected chi connectivity index (χ1v) is 11.5. The lowest BCUT2D eigenvalue weighted by molar-refractivity contribution is -0.142. The molecule has 1 rings (SSSR count). The number of hydrogen-bond donors (Lipinski definition) is 7. The molecular formula is C22H37N7O6. The summed E-state index contributed by atoms with van der Waals surface area (Å²) in [4.78, 5) is 67.8. The fraction of sp³-hybridized carbons (Fsp3) is 0.636. The number of rotatable bonds is 15. The molecule has 35 heavy (non-hydrogen) atoms. The van der Waals surface area contributed by atoms with Crippen LogP contribution in [0.5, 0.6) is 0 Å². The van der Waals surface area contributed by atoms with E-state index in [0.717, 1.165) is 0 Å². The molecule has 13 heteroatoms. The average Bonchev–Trinajstić information content (AvgIpc) is 3.26. The number of amides is 4. The Kier molecular flexibility index (Phi) is 11.9. The number of nitrogens with two attached hydrogens (primary N) is 2. The quantitative estimate of drug-likeness (QED) is 0.156. The van der Waals surface area contributed by atoms with E-state index in [9.17, 15) is 29.1 Å². The highest BCUT2D eigenvalue weighted by molar-refractivity contribution is 5.94. The van der Waals surface area contributed by atoms with Gasteiger partial charge in [0.2, 0.25) is 23.6 Å². The van der Waals surface area contributed by atoms with Crippen molar-refractivity contribution in [3.63, 3.8) is 0 Å². The van der Waals surface area contributed by atoms with Gasteiger partial charge in [-0.25, -0.2) is 9.78 Å². The van der Waals surface area contributed by atoms with Crippen molar-refractivity contribution in [2.75, 3.05) is 0 Å². The minimum Gasteiger partial charge on any atom is -0.480 e. The van der Waals surface area contributed by atoms with Crippen LogP contribution in [-0.4, -0.2) is 68.8 Å². The van der Waals surface area contributed by atoms with Crippen LogP contribution in [-0.2, 0) is 30.4 Å². The van der Waals surface area contributed by atoms with Crippen molar-refractivity contribution < 1.29 is 29.1 Å². The SMILES string of the molecule is CC(C)CC(NC(=O)C(Cc1cnc[nH]1)NC(=O)C(NC(=O)C(N)CCC(N)=O)C(C)C)C(=O)O. The number of aliphatic carboxylic acids is 1. The van der Waals surface area contributed by atoms with E-state index in [2.05, 4.69) is 25.9 Å². The van der Waals surface area contributed by atoms with Gasteiger partial charge in [-0.2, -0.15) is 0 Å². The normalized spacial score (nSPS) is 14.6. The van der Waals surface area contributed by atoms with Crippen LogP contribution in [0.2, 0.25) is 0 Å². The number of H-pyrrole nitrogens is 1. The zero-order valence-electron chi connectivity index (χ0n) is 20.5. The number of hydrogen-bond acceptors (Lipinski definition) is 7. The van der Waals surface area contributed by atoms with Gasteiger partial charge in [0, 0.05) is 24.7 Å². The molecule has 4 unspecified atom stereocenters. The van der Waals surface area contributed by atoms with Crippen LogP contribution in [0.15, 0.2) is 12.5 Å². The molecule has 0 aliphatic carbocycles. The molecule has 0 aromatic carbocycles. The number of carbonyl (C=O) groups excluding carboxylic acids is 4. The first kappa shape index (κ1) is 29.6. The van der Waals surface area contributed by atoms with Gasteiger partial charge in [0.1, 0.15) is 18.1 Å². The zero-order chi connectivity index (χ0) is 26.7. The number of aromatic nitrogens is 2. The third-order valence-corrected chi connectivity index (χ3v) is 5.22. The van der Waals surface area contributed by atoms with Crippen molar-refractivity contribution in [2.24, 2.45) is 23.3 Å². The van der Waals surface area contributed by atoms with Gasteiger partial charge in [0.05, 0.1) is 12.4 Å². The lowest BCUT2D eigenvalue weighted by Gasteiger charge is -2.27. The smallest absolute Gasteiger partial charge is 0.326 e. The Balaban J connectivity index is 3.00. The standard InChI is InChI=1S/C22H37N7O6/c1-11(2)7-16(22(34)35)28-20(32)15(8-13-9-25-10-26-13)27-21(33)18(12(3)4)29-19(31)14(23)5-6-17(24)30/h9-12,14-16,18H,5-8,23H2,1-4H3,(H2,24,30)(H,25,26)(H,27,33)(H,28,32)(H,29,31)(H,34,35). The number of imidazole rings is 1. The summed E-state index contributed by atoms with van der Waals surface area (Å²) in [5, 5.41) is 17.1. The van der Waals surface area contributed by atoms with Crippen LogP contribution in [0.25, 0.3) is 0 Å². The molecule has 0 spiro atoms. The van der Waals surface area contributed by atoms with E-state index in [0.29, 0.717) is 5.69 Å². The van der Waals surface area contributed by atoms with Crippen LogP contribution in [0.1, 0.15) is 52.7 Å². The van der Waals surface area contributed by atoms with E-state index in [-0.39, 0.29) is 37.5 Å². The van der Waals surface area contributed by atoms with Gasteiger partial charge in [0.25, 0.3) is 0 Å². The van der Waals surface area contributed by atoms with Crippen molar-refractivity contribution in [2.45, 2.75) is 77.5 Å². The molecule has 1 aromatic heterocycles. The number of nitrogens with zero attached hydrogens (tertiary/aromatic N) is 1. The molecule has 1 heterocycles. The molecule has 0 fully saturated rings. The van der Waals surface area contributed by atoms with E-state index in [1.54, 1.807) is 13.8 Å². The molecule has 0 saturated heterocycles. The fourth-order valence-corrected chi connectivity index (χ4v) is 3.28. The highest BCUT2D eigenvalue weighted by atomic mass is 16.4. The third kappa shape index (κ3) is 10.5. The summed E-state index contributed by atoms with van der Waals surface area (Å²) in [5.41, 5.74) is 11.4. The highest BCUT2D eigenvalue weighted by Crippen LogP contribution is 2.09. The molecule has 0 bridgehead atoms. The zero-order valence-corrected chi connectivity index (χ0v) is 20.5. The lowest BCUT2D eigenvalue weighted by Crippen LogP contribution is -2.59. The van der Waals surface area contributed by atoms with Crippen molar-refractivity contribution in [1.82, 2.24) is 25.9 Å². The van der Waals surface area contributed by atoms with Gasteiger partial charge >= 0.3 is 5.97 Å². The van der Waals surface area contributed by atoms with Crippen LogP contribution >= 0.6 is 0 Å². The predicted molar refractivity (Wildman–Crippen MR) is 126 cm³/mol. The van der Waals surface area contributed by atoms with Crippen LogP contribution in [0, 0.1) is 11.8 Å². The molecule has 0 aliphatic rings. The van der Waals surface area contributed by atoms with Gasteiger partial charge in [0.15, 0.2) is 0 Å². The number of carbonyl (C=O) groups is 5. The summed E-state index contributed by atoms with van der Waals surface area (Å²) >= 11 is 0. The summed E-state index contributed by atoms with van der Waals surface area (Å²) in [7, 11) is 0.